The lowest BCUT2D eigenvalue weighted by molar-refractivity contribution is -0.121. The van der Waals surface area contributed by atoms with E-state index >= 15 is 0 Å². The fourth-order valence-electron chi connectivity index (χ4n) is 2.44. The number of hydrogen-bond acceptors (Lipinski definition) is 3. The van der Waals surface area contributed by atoms with Gasteiger partial charge in [-0.15, -0.1) is 0 Å². The molecule has 122 valence electrons. The van der Waals surface area contributed by atoms with Crippen molar-refractivity contribution in [3.05, 3.63) is 29.3 Å². The van der Waals surface area contributed by atoms with E-state index in [0.29, 0.717) is 25.5 Å². The molecule has 1 aromatic carbocycles. The molecule has 1 amide bonds. The summed E-state index contributed by atoms with van der Waals surface area (Å²) in [5.41, 5.74) is 8.31. The average Bonchev–Trinajstić information content (AvgIpc) is 3.32. The third-order valence-electron chi connectivity index (χ3n) is 4.16. The molecule has 1 atom stereocenters. The first kappa shape index (κ1) is 16.8. The van der Waals surface area contributed by atoms with Gasteiger partial charge in [0.25, 0.3) is 0 Å². The van der Waals surface area contributed by atoms with Gasteiger partial charge in [-0.05, 0) is 62.6 Å². The maximum absolute atomic E-state index is 11.7. The molecular weight excluding hydrogens is 276 g/mol. The van der Waals surface area contributed by atoms with E-state index < -0.39 is 0 Å². The fourth-order valence-corrected chi connectivity index (χ4v) is 2.44. The second kappa shape index (κ2) is 8.18. The standard InChI is InChI=1S/C18H28N2O2/c1-13-6-7-14(2)17(11-13)22-10-4-3-5-18(21)20-12-16(19)15-8-9-15/h6-7,11,15-16H,3-5,8-10,12,19H2,1-2H3,(H,20,21). The van der Waals surface area contributed by atoms with Gasteiger partial charge in [0.1, 0.15) is 5.75 Å². The van der Waals surface area contributed by atoms with Crippen LogP contribution in [0.3, 0.4) is 0 Å². The van der Waals surface area contributed by atoms with E-state index in [9.17, 15) is 4.79 Å². The zero-order chi connectivity index (χ0) is 15.9. The van der Waals surface area contributed by atoms with Crippen LogP contribution in [0.25, 0.3) is 0 Å². The number of aryl methyl sites for hydroxylation is 2. The van der Waals surface area contributed by atoms with Crippen LogP contribution in [0.5, 0.6) is 5.75 Å². The first-order chi connectivity index (χ1) is 10.6. The Bertz CT molecular complexity index is 498. The van der Waals surface area contributed by atoms with Crippen molar-refractivity contribution in [2.45, 2.75) is 52.0 Å². The second-order valence-electron chi connectivity index (χ2n) is 6.38. The van der Waals surface area contributed by atoms with Gasteiger partial charge in [0.2, 0.25) is 5.91 Å². The van der Waals surface area contributed by atoms with Crippen LogP contribution in [-0.4, -0.2) is 25.1 Å². The number of carbonyl (C=O) groups is 1. The zero-order valence-electron chi connectivity index (χ0n) is 13.7. The molecule has 0 aliphatic heterocycles. The monoisotopic (exact) mass is 304 g/mol. The lowest BCUT2D eigenvalue weighted by Crippen LogP contribution is -2.38. The molecule has 0 spiro atoms. The SMILES string of the molecule is Cc1ccc(C)c(OCCCCC(=O)NCC(N)C2CC2)c1. The molecule has 0 saturated heterocycles. The maximum Gasteiger partial charge on any atom is 0.220 e. The molecule has 1 unspecified atom stereocenters. The van der Waals surface area contributed by atoms with E-state index in [1.807, 2.05) is 6.92 Å². The minimum absolute atomic E-state index is 0.0998. The minimum atomic E-state index is 0.0998. The topological polar surface area (TPSA) is 64.3 Å². The van der Waals surface area contributed by atoms with E-state index in [1.165, 1.54) is 18.4 Å². The van der Waals surface area contributed by atoms with Crippen LogP contribution in [0, 0.1) is 19.8 Å². The summed E-state index contributed by atoms with van der Waals surface area (Å²) in [7, 11) is 0. The molecular formula is C18H28N2O2. The Labute approximate surface area is 133 Å². The van der Waals surface area contributed by atoms with Crippen molar-refractivity contribution in [1.29, 1.82) is 0 Å². The number of nitrogens with two attached hydrogens (primary N) is 1. The maximum atomic E-state index is 11.7. The molecule has 4 nitrogen and oxygen atoms in total. The van der Waals surface area contributed by atoms with Crippen LogP contribution in [0.15, 0.2) is 18.2 Å². The number of rotatable bonds is 9. The highest BCUT2D eigenvalue weighted by atomic mass is 16.5. The number of nitrogens with one attached hydrogen (secondary N) is 1. The fraction of sp³-hybridized carbons (Fsp3) is 0.611. The Hall–Kier alpha value is -1.55. The van der Waals surface area contributed by atoms with Crippen molar-refractivity contribution in [2.75, 3.05) is 13.2 Å². The molecule has 0 radical (unpaired) electrons. The Morgan fingerprint density at radius 2 is 2.14 bits per heavy atom. The third kappa shape index (κ3) is 5.68. The van der Waals surface area contributed by atoms with E-state index in [2.05, 4.69) is 30.4 Å². The van der Waals surface area contributed by atoms with E-state index in [-0.39, 0.29) is 11.9 Å². The summed E-state index contributed by atoms with van der Waals surface area (Å²) in [6.07, 6.45) is 4.71. The van der Waals surface area contributed by atoms with Gasteiger partial charge >= 0.3 is 0 Å². The number of benzene rings is 1. The molecule has 1 aliphatic rings. The number of amides is 1. The van der Waals surface area contributed by atoms with Gasteiger partial charge in [-0.3, -0.25) is 4.79 Å². The first-order valence-electron chi connectivity index (χ1n) is 8.28. The summed E-state index contributed by atoms with van der Waals surface area (Å²) in [5, 5.41) is 2.92. The quantitative estimate of drug-likeness (QED) is 0.689. The molecule has 0 aromatic heterocycles. The van der Waals surface area contributed by atoms with Crippen molar-refractivity contribution in [3.8, 4) is 5.75 Å². The molecule has 1 fully saturated rings. The van der Waals surface area contributed by atoms with Gasteiger partial charge in [0.05, 0.1) is 6.61 Å². The second-order valence-corrected chi connectivity index (χ2v) is 6.38. The smallest absolute Gasteiger partial charge is 0.220 e. The minimum Gasteiger partial charge on any atom is -0.493 e. The van der Waals surface area contributed by atoms with Crippen LogP contribution in [0.2, 0.25) is 0 Å². The van der Waals surface area contributed by atoms with Crippen LogP contribution in [-0.2, 0) is 4.79 Å². The summed E-state index contributed by atoms with van der Waals surface area (Å²) in [6, 6.07) is 6.35. The van der Waals surface area contributed by atoms with Crippen LogP contribution >= 0.6 is 0 Å². The van der Waals surface area contributed by atoms with Gasteiger partial charge in [0, 0.05) is 19.0 Å². The Kier molecular flexibility index (Phi) is 6.25. The number of carbonyl (C=O) groups excluding carboxylic acids is 1. The van der Waals surface area contributed by atoms with Gasteiger partial charge < -0.3 is 15.8 Å². The molecule has 4 heteroatoms. The molecule has 1 saturated carbocycles. The summed E-state index contributed by atoms with van der Waals surface area (Å²) in [6.45, 7) is 5.37. The largest absolute Gasteiger partial charge is 0.493 e. The zero-order valence-corrected chi connectivity index (χ0v) is 13.7. The Morgan fingerprint density at radius 1 is 1.36 bits per heavy atom. The van der Waals surface area contributed by atoms with Crippen molar-refractivity contribution < 1.29 is 9.53 Å². The average molecular weight is 304 g/mol. The van der Waals surface area contributed by atoms with Crippen molar-refractivity contribution in [3.63, 3.8) is 0 Å². The summed E-state index contributed by atoms with van der Waals surface area (Å²) in [4.78, 5) is 11.7. The van der Waals surface area contributed by atoms with Gasteiger partial charge in [-0.2, -0.15) is 0 Å². The lowest BCUT2D eigenvalue weighted by atomic mass is 10.1. The molecule has 22 heavy (non-hydrogen) atoms. The summed E-state index contributed by atoms with van der Waals surface area (Å²) in [5.74, 6) is 1.67. The molecule has 1 aliphatic carbocycles. The number of hydrogen-bond donors (Lipinski definition) is 2. The highest BCUT2D eigenvalue weighted by molar-refractivity contribution is 5.75. The van der Waals surface area contributed by atoms with Crippen molar-refractivity contribution >= 4 is 5.91 Å². The van der Waals surface area contributed by atoms with Crippen molar-refractivity contribution in [1.82, 2.24) is 5.32 Å². The van der Waals surface area contributed by atoms with Crippen molar-refractivity contribution in [2.24, 2.45) is 11.7 Å². The lowest BCUT2D eigenvalue weighted by Gasteiger charge is -2.12. The Balaban J connectivity index is 1.54. The van der Waals surface area contributed by atoms with Gasteiger partial charge in [-0.1, -0.05) is 12.1 Å². The molecule has 3 N–H and O–H groups in total. The van der Waals surface area contributed by atoms with Crippen LogP contribution < -0.4 is 15.8 Å². The predicted molar refractivity (Wildman–Crippen MR) is 89.0 cm³/mol. The normalized spacial score (nSPS) is 15.4. The van der Waals surface area contributed by atoms with E-state index in [4.69, 9.17) is 10.5 Å². The molecule has 2 rings (SSSR count). The Morgan fingerprint density at radius 3 is 2.86 bits per heavy atom. The van der Waals surface area contributed by atoms with Gasteiger partial charge in [0.15, 0.2) is 0 Å². The summed E-state index contributed by atoms with van der Waals surface area (Å²) < 4.78 is 5.79. The van der Waals surface area contributed by atoms with Crippen LogP contribution in [0.4, 0.5) is 0 Å². The van der Waals surface area contributed by atoms with Gasteiger partial charge in [-0.25, -0.2) is 0 Å². The summed E-state index contributed by atoms with van der Waals surface area (Å²) >= 11 is 0. The molecule has 1 aromatic rings. The highest BCUT2D eigenvalue weighted by Crippen LogP contribution is 2.31. The first-order valence-corrected chi connectivity index (χ1v) is 8.28. The van der Waals surface area contributed by atoms with E-state index in [1.54, 1.807) is 0 Å². The number of ether oxygens (including phenoxy) is 1. The number of unbranched alkanes of at least 4 members (excludes halogenated alkanes) is 1. The predicted octanol–water partition coefficient (Wildman–Crippen LogP) is 2.71. The van der Waals surface area contributed by atoms with Crippen LogP contribution in [0.1, 0.15) is 43.2 Å². The molecule has 0 heterocycles. The van der Waals surface area contributed by atoms with E-state index in [0.717, 1.165) is 24.2 Å². The highest BCUT2D eigenvalue weighted by Gasteiger charge is 2.28. The molecule has 0 bridgehead atoms. The third-order valence-corrected chi connectivity index (χ3v) is 4.16.